The second-order valence-corrected chi connectivity index (χ2v) is 4.17. The third kappa shape index (κ3) is 2.33. The smallest absolute Gasteiger partial charge is 0.0521 e. The van der Waals surface area contributed by atoms with E-state index in [0.717, 1.165) is 18.8 Å². The maximum atomic E-state index is 5.51. The summed E-state index contributed by atoms with van der Waals surface area (Å²) in [6.45, 7) is 0. The summed E-state index contributed by atoms with van der Waals surface area (Å²) >= 11 is 0. The molecule has 2 rings (SSSR count). The van der Waals surface area contributed by atoms with Gasteiger partial charge < -0.3 is 0 Å². The van der Waals surface area contributed by atoms with Gasteiger partial charge in [0.1, 0.15) is 0 Å². The van der Waals surface area contributed by atoms with Crippen LogP contribution in [-0.2, 0) is 13.5 Å². The lowest BCUT2D eigenvalue weighted by Crippen LogP contribution is -2.37. The second-order valence-electron chi connectivity index (χ2n) is 4.17. The van der Waals surface area contributed by atoms with Crippen molar-refractivity contribution in [2.45, 2.75) is 31.7 Å². The Morgan fingerprint density at radius 2 is 2.50 bits per heavy atom. The zero-order valence-corrected chi connectivity index (χ0v) is 8.61. The zero-order chi connectivity index (χ0) is 9.97. The second kappa shape index (κ2) is 4.11. The molecule has 4 nitrogen and oxygen atoms in total. The van der Waals surface area contributed by atoms with Crippen LogP contribution in [0.1, 0.15) is 24.8 Å². The highest BCUT2D eigenvalue weighted by molar-refractivity contribution is 5.04. The van der Waals surface area contributed by atoms with Crippen LogP contribution in [0.25, 0.3) is 0 Å². The molecular formula is C10H18N4. The van der Waals surface area contributed by atoms with Crippen LogP contribution in [-0.4, -0.2) is 15.8 Å². The molecule has 0 amide bonds. The van der Waals surface area contributed by atoms with Crippen molar-refractivity contribution in [3.05, 3.63) is 18.0 Å². The molecule has 78 valence electrons. The van der Waals surface area contributed by atoms with Gasteiger partial charge in [0.25, 0.3) is 0 Å². The number of nitrogens with zero attached hydrogens (tertiary/aromatic N) is 2. The van der Waals surface area contributed by atoms with Crippen LogP contribution in [0.3, 0.4) is 0 Å². The summed E-state index contributed by atoms with van der Waals surface area (Å²) in [6.07, 6.45) is 8.86. The molecule has 0 aliphatic heterocycles. The van der Waals surface area contributed by atoms with Crippen molar-refractivity contribution in [1.82, 2.24) is 15.2 Å². The van der Waals surface area contributed by atoms with Gasteiger partial charge in [0.15, 0.2) is 0 Å². The van der Waals surface area contributed by atoms with E-state index in [2.05, 4.69) is 16.7 Å². The number of hydrazine groups is 1. The highest BCUT2D eigenvalue weighted by Gasteiger charge is 2.29. The summed E-state index contributed by atoms with van der Waals surface area (Å²) in [6, 6.07) is 0.496. The van der Waals surface area contributed by atoms with E-state index in [9.17, 15) is 0 Å². The number of hydrogen-bond acceptors (Lipinski definition) is 3. The average Bonchev–Trinajstić information content (AvgIpc) is 2.92. The fourth-order valence-corrected chi connectivity index (χ4v) is 1.88. The van der Waals surface area contributed by atoms with Crippen LogP contribution in [0, 0.1) is 5.92 Å². The van der Waals surface area contributed by atoms with Gasteiger partial charge >= 0.3 is 0 Å². The molecule has 1 aromatic rings. The van der Waals surface area contributed by atoms with E-state index >= 15 is 0 Å². The van der Waals surface area contributed by atoms with E-state index < -0.39 is 0 Å². The van der Waals surface area contributed by atoms with Crippen LogP contribution >= 0.6 is 0 Å². The molecule has 3 N–H and O–H groups in total. The van der Waals surface area contributed by atoms with Crippen molar-refractivity contribution in [3.63, 3.8) is 0 Å². The van der Waals surface area contributed by atoms with Crippen molar-refractivity contribution in [2.24, 2.45) is 18.8 Å². The Hall–Kier alpha value is -0.870. The van der Waals surface area contributed by atoms with Crippen molar-refractivity contribution >= 4 is 0 Å². The summed E-state index contributed by atoms with van der Waals surface area (Å²) in [4.78, 5) is 0. The summed E-state index contributed by atoms with van der Waals surface area (Å²) < 4.78 is 1.84. The highest BCUT2D eigenvalue weighted by atomic mass is 15.2. The van der Waals surface area contributed by atoms with Gasteiger partial charge in [-0.1, -0.05) is 0 Å². The number of rotatable bonds is 5. The normalized spacial score (nSPS) is 18.4. The molecular weight excluding hydrogens is 176 g/mol. The topological polar surface area (TPSA) is 55.9 Å². The molecule has 1 aliphatic carbocycles. The lowest BCUT2D eigenvalue weighted by atomic mass is 10.0. The lowest BCUT2D eigenvalue weighted by molar-refractivity contribution is 0.446. The number of aromatic nitrogens is 2. The maximum Gasteiger partial charge on any atom is 0.0521 e. The number of aryl methyl sites for hydroxylation is 2. The van der Waals surface area contributed by atoms with E-state index in [1.165, 1.54) is 18.4 Å². The Morgan fingerprint density at radius 1 is 1.71 bits per heavy atom. The molecule has 0 radical (unpaired) electrons. The summed E-state index contributed by atoms with van der Waals surface area (Å²) in [7, 11) is 1.95. The molecule has 4 heteroatoms. The Kier molecular flexibility index (Phi) is 2.84. The molecule has 1 saturated carbocycles. The quantitative estimate of drug-likeness (QED) is 0.533. The Labute approximate surface area is 84.4 Å². The minimum absolute atomic E-state index is 0.496. The Morgan fingerprint density at radius 3 is 3.00 bits per heavy atom. The first-order valence-corrected chi connectivity index (χ1v) is 5.23. The SMILES string of the molecule is Cn1cc(CCC(NN)C2CC2)cn1. The number of nitrogens with one attached hydrogen (secondary N) is 1. The maximum absolute atomic E-state index is 5.51. The van der Waals surface area contributed by atoms with Crippen molar-refractivity contribution in [2.75, 3.05) is 0 Å². The predicted octanol–water partition coefficient (Wildman–Crippen LogP) is 0.595. The first-order valence-electron chi connectivity index (χ1n) is 5.23. The highest BCUT2D eigenvalue weighted by Crippen LogP contribution is 2.34. The van der Waals surface area contributed by atoms with Crippen molar-refractivity contribution < 1.29 is 0 Å². The van der Waals surface area contributed by atoms with Crippen molar-refractivity contribution in [3.8, 4) is 0 Å². The van der Waals surface area contributed by atoms with E-state index in [-0.39, 0.29) is 0 Å². The van der Waals surface area contributed by atoms with Gasteiger partial charge in [-0.05, 0) is 37.2 Å². The van der Waals surface area contributed by atoms with E-state index in [4.69, 9.17) is 5.84 Å². The fourth-order valence-electron chi connectivity index (χ4n) is 1.88. The molecule has 1 heterocycles. The molecule has 0 spiro atoms. The van der Waals surface area contributed by atoms with Gasteiger partial charge in [0.05, 0.1) is 6.20 Å². The molecule has 1 aromatic heterocycles. The largest absolute Gasteiger partial charge is 0.276 e. The third-order valence-electron chi connectivity index (χ3n) is 2.91. The summed E-state index contributed by atoms with van der Waals surface area (Å²) in [5.41, 5.74) is 4.21. The molecule has 0 bridgehead atoms. The van der Waals surface area contributed by atoms with Crippen LogP contribution in [0.15, 0.2) is 12.4 Å². The van der Waals surface area contributed by atoms with E-state index in [1.54, 1.807) is 0 Å². The zero-order valence-electron chi connectivity index (χ0n) is 8.61. The fraction of sp³-hybridized carbons (Fsp3) is 0.700. The third-order valence-corrected chi connectivity index (χ3v) is 2.91. The predicted molar refractivity (Wildman–Crippen MR) is 55.4 cm³/mol. The van der Waals surface area contributed by atoms with Gasteiger partial charge in [-0.25, -0.2) is 0 Å². The van der Waals surface area contributed by atoms with Gasteiger partial charge in [0.2, 0.25) is 0 Å². The van der Waals surface area contributed by atoms with Crippen LogP contribution in [0.5, 0.6) is 0 Å². The Balaban J connectivity index is 1.80. The molecule has 14 heavy (non-hydrogen) atoms. The summed E-state index contributed by atoms with van der Waals surface area (Å²) in [5.74, 6) is 6.33. The van der Waals surface area contributed by atoms with Crippen LogP contribution in [0.4, 0.5) is 0 Å². The number of hydrogen-bond donors (Lipinski definition) is 2. The van der Waals surface area contributed by atoms with E-state index in [0.29, 0.717) is 6.04 Å². The molecule has 1 unspecified atom stereocenters. The van der Waals surface area contributed by atoms with Gasteiger partial charge in [-0.15, -0.1) is 0 Å². The molecule has 1 atom stereocenters. The standard InChI is InChI=1S/C10H18N4/c1-14-7-8(6-12-14)2-5-10(13-11)9-3-4-9/h6-7,9-10,13H,2-5,11H2,1H3. The van der Waals surface area contributed by atoms with Gasteiger partial charge in [0, 0.05) is 19.3 Å². The van der Waals surface area contributed by atoms with Crippen LogP contribution < -0.4 is 11.3 Å². The minimum Gasteiger partial charge on any atom is -0.276 e. The number of nitrogens with two attached hydrogens (primary N) is 1. The molecule has 0 aromatic carbocycles. The first-order chi connectivity index (χ1) is 6.79. The molecule has 1 fully saturated rings. The first kappa shape index (κ1) is 9.68. The molecule has 0 saturated heterocycles. The van der Waals surface area contributed by atoms with Crippen molar-refractivity contribution in [1.29, 1.82) is 0 Å². The van der Waals surface area contributed by atoms with Gasteiger partial charge in [-0.3, -0.25) is 16.0 Å². The van der Waals surface area contributed by atoms with Gasteiger partial charge in [-0.2, -0.15) is 5.10 Å². The molecule has 1 aliphatic rings. The monoisotopic (exact) mass is 194 g/mol. The Bertz CT molecular complexity index is 290. The lowest BCUT2D eigenvalue weighted by Gasteiger charge is -2.13. The summed E-state index contributed by atoms with van der Waals surface area (Å²) in [5, 5.41) is 4.15. The average molecular weight is 194 g/mol. The van der Waals surface area contributed by atoms with Crippen LogP contribution in [0.2, 0.25) is 0 Å². The minimum atomic E-state index is 0.496. The van der Waals surface area contributed by atoms with E-state index in [1.807, 2.05) is 17.9 Å².